The quantitative estimate of drug-likeness (QED) is 0.547. The van der Waals surface area contributed by atoms with E-state index in [0.29, 0.717) is 12.3 Å². The zero-order valence-corrected chi connectivity index (χ0v) is 15.2. The molecule has 0 amide bonds. The summed E-state index contributed by atoms with van der Waals surface area (Å²) < 4.78 is 4.06. The highest BCUT2D eigenvalue weighted by molar-refractivity contribution is 9.11. The maximum atomic E-state index is 5.93. The van der Waals surface area contributed by atoms with Crippen molar-refractivity contribution in [3.8, 4) is 5.69 Å². The molecule has 0 N–H and O–H groups in total. The molecule has 108 valence electrons. The summed E-state index contributed by atoms with van der Waals surface area (Å²) >= 11 is 13.0. The van der Waals surface area contributed by atoms with Crippen LogP contribution in [0.3, 0.4) is 0 Å². The Bertz CT molecular complexity index is 814. The van der Waals surface area contributed by atoms with E-state index in [-0.39, 0.29) is 0 Å². The average molecular weight is 430 g/mol. The molecule has 0 radical (unpaired) electrons. The first kappa shape index (κ1) is 15.0. The number of hydrogen-bond acceptors (Lipinski definition) is 2. The Balaban J connectivity index is 2.30. The molecule has 3 aromatic rings. The van der Waals surface area contributed by atoms with Gasteiger partial charge in [-0.25, -0.2) is 9.97 Å². The summed E-state index contributed by atoms with van der Waals surface area (Å²) in [4.78, 5) is 9.23. The van der Waals surface area contributed by atoms with Gasteiger partial charge in [-0.1, -0.05) is 15.9 Å². The Morgan fingerprint density at radius 2 is 2.05 bits per heavy atom. The third kappa shape index (κ3) is 2.87. The van der Waals surface area contributed by atoms with Crippen molar-refractivity contribution in [2.24, 2.45) is 0 Å². The zero-order chi connectivity index (χ0) is 15.0. The molecule has 3 nitrogen and oxygen atoms in total. The van der Waals surface area contributed by atoms with Gasteiger partial charge in [-0.3, -0.25) is 4.57 Å². The second-order valence-electron chi connectivity index (χ2n) is 4.75. The van der Waals surface area contributed by atoms with Gasteiger partial charge in [0.05, 0.1) is 5.69 Å². The van der Waals surface area contributed by atoms with E-state index in [4.69, 9.17) is 11.6 Å². The van der Waals surface area contributed by atoms with Crippen LogP contribution in [0.15, 0.2) is 39.4 Å². The smallest absolute Gasteiger partial charge is 0.164 e. The van der Waals surface area contributed by atoms with Gasteiger partial charge in [0.1, 0.15) is 11.3 Å². The molecule has 0 fully saturated rings. The minimum atomic E-state index is 0.524. The Labute approximate surface area is 144 Å². The van der Waals surface area contributed by atoms with Crippen molar-refractivity contribution in [3.05, 3.63) is 50.8 Å². The lowest BCUT2D eigenvalue weighted by atomic mass is 10.3. The third-order valence-electron chi connectivity index (χ3n) is 3.17. The summed E-state index contributed by atoms with van der Waals surface area (Å²) in [6, 6.07) is 8.10. The van der Waals surface area contributed by atoms with E-state index >= 15 is 0 Å². The summed E-state index contributed by atoms with van der Waals surface area (Å²) in [5.74, 6) is 1.44. The van der Waals surface area contributed by atoms with Crippen LogP contribution in [0.4, 0.5) is 0 Å². The maximum Gasteiger partial charge on any atom is 0.164 e. The number of alkyl halides is 1. The molecule has 0 spiro atoms. The molecule has 0 bridgehead atoms. The van der Waals surface area contributed by atoms with Gasteiger partial charge >= 0.3 is 0 Å². The topological polar surface area (TPSA) is 30.7 Å². The molecule has 0 saturated heterocycles. The number of fused-ring (bicyclic) bond motifs is 1. The van der Waals surface area contributed by atoms with E-state index < -0.39 is 0 Å². The molecule has 0 atom stereocenters. The summed E-state index contributed by atoms with van der Waals surface area (Å²) in [7, 11) is 0. The minimum Gasteiger partial charge on any atom is -0.280 e. The van der Waals surface area contributed by atoms with E-state index in [1.807, 2.05) is 37.4 Å². The highest BCUT2D eigenvalue weighted by Crippen LogP contribution is 2.29. The largest absolute Gasteiger partial charge is 0.280 e. The Morgan fingerprint density at radius 3 is 2.76 bits per heavy atom. The second-order valence-corrected chi connectivity index (χ2v) is 6.90. The lowest BCUT2D eigenvalue weighted by Gasteiger charge is -2.10. The van der Waals surface area contributed by atoms with E-state index in [1.54, 1.807) is 0 Å². The number of rotatable bonds is 3. The molecule has 0 unspecified atom stereocenters. The molecule has 6 heteroatoms. The molecule has 21 heavy (non-hydrogen) atoms. The van der Waals surface area contributed by atoms with Crippen molar-refractivity contribution in [1.29, 1.82) is 0 Å². The van der Waals surface area contributed by atoms with Crippen molar-refractivity contribution in [3.63, 3.8) is 0 Å². The Hall–Kier alpha value is -0.910. The Kier molecular flexibility index (Phi) is 4.33. The fraction of sp³-hybridized carbons (Fsp3) is 0.200. The first-order valence-electron chi connectivity index (χ1n) is 6.45. The monoisotopic (exact) mass is 427 g/mol. The average Bonchev–Trinajstić information content (AvgIpc) is 2.76. The standard InChI is InChI=1S/C15H12Br2ClN3/c1-9-6-12-15(19-8-9)21(14(20-12)4-5-18)13-3-2-10(16)7-11(13)17/h2-3,6-8H,4-5H2,1H3. The lowest BCUT2D eigenvalue weighted by molar-refractivity contribution is 0.902. The van der Waals surface area contributed by atoms with Crippen LogP contribution in [0.2, 0.25) is 0 Å². The number of imidazole rings is 1. The van der Waals surface area contributed by atoms with Gasteiger partial charge in [0.25, 0.3) is 0 Å². The fourth-order valence-corrected chi connectivity index (χ4v) is 3.67. The van der Waals surface area contributed by atoms with Gasteiger partial charge in [0.15, 0.2) is 5.65 Å². The van der Waals surface area contributed by atoms with Crippen molar-refractivity contribution in [2.45, 2.75) is 13.3 Å². The van der Waals surface area contributed by atoms with Crippen LogP contribution in [0.25, 0.3) is 16.9 Å². The Morgan fingerprint density at radius 1 is 1.24 bits per heavy atom. The van der Waals surface area contributed by atoms with Crippen molar-refractivity contribution in [2.75, 3.05) is 5.88 Å². The number of nitrogens with zero attached hydrogens (tertiary/aromatic N) is 3. The zero-order valence-electron chi connectivity index (χ0n) is 11.3. The summed E-state index contributed by atoms with van der Waals surface area (Å²) in [6.07, 6.45) is 2.55. The van der Waals surface area contributed by atoms with Crippen LogP contribution >= 0.6 is 43.5 Å². The molecule has 0 aliphatic carbocycles. The molecule has 0 aliphatic heterocycles. The molecule has 2 aromatic heterocycles. The van der Waals surface area contributed by atoms with Gasteiger partial charge in [-0.2, -0.15) is 0 Å². The van der Waals surface area contributed by atoms with Crippen molar-refractivity contribution in [1.82, 2.24) is 14.5 Å². The van der Waals surface area contributed by atoms with Gasteiger partial charge in [-0.05, 0) is 52.7 Å². The lowest BCUT2D eigenvalue weighted by Crippen LogP contribution is -2.03. The predicted octanol–water partition coefficient (Wildman–Crippen LogP) is 5.04. The number of aromatic nitrogens is 3. The highest BCUT2D eigenvalue weighted by atomic mass is 79.9. The first-order chi connectivity index (χ1) is 10.1. The van der Waals surface area contributed by atoms with E-state index in [0.717, 1.165) is 37.2 Å². The highest BCUT2D eigenvalue weighted by Gasteiger charge is 2.15. The minimum absolute atomic E-state index is 0.524. The molecular formula is C15H12Br2ClN3. The van der Waals surface area contributed by atoms with Crippen molar-refractivity contribution >= 4 is 54.6 Å². The van der Waals surface area contributed by atoms with Crippen LogP contribution in [-0.2, 0) is 6.42 Å². The van der Waals surface area contributed by atoms with Crippen LogP contribution in [0.1, 0.15) is 11.4 Å². The molecule has 0 saturated carbocycles. The summed E-state index contributed by atoms with van der Waals surface area (Å²) in [6.45, 7) is 2.02. The first-order valence-corrected chi connectivity index (χ1v) is 8.57. The maximum absolute atomic E-state index is 5.93. The van der Waals surface area contributed by atoms with Crippen LogP contribution in [-0.4, -0.2) is 20.4 Å². The van der Waals surface area contributed by atoms with Gasteiger partial charge < -0.3 is 0 Å². The van der Waals surface area contributed by atoms with Crippen molar-refractivity contribution < 1.29 is 0 Å². The number of hydrogen-bond donors (Lipinski definition) is 0. The molecule has 0 aliphatic rings. The van der Waals surface area contributed by atoms with Crippen LogP contribution in [0.5, 0.6) is 0 Å². The summed E-state index contributed by atoms with van der Waals surface area (Å²) in [5.41, 5.74) is 3.85. The van der Waals surface area contributed by atoms with E-state index in [1.165, 1.54) is 0 Å². The predicted molar refractivity (Wildman–Crippen MR) is 93.4 cm³/mol. The number of halogens is 3. The number of benzene rings is 1. The molecular weight excluding hydrogens is 417 g/mol. The molecule has 2 heterocycles. The van der Waals surface area contributed by atoms with Gasteiger partial charge in [0, 0.05) is 27.4 Å². The van der Waals surface area contributed by atoms with Gasteiger partial charge in [0.2, 0.25) is 0 Å². The normalized spacial score (nSPS) is 11.2. The van der Waals surface area contributed by atoms with Crippen LogP contribution < -0.4 is 0 Å². The SMILES string of the molecule is Cc1cnc2c(c1)nc(CCCl)n2-c1ccc(Br)cc1Br. The third-order valence-corrected chi connectivity index (χ3v) is 4.49. The molecule has 3 rings (SSSR count). The number of pyridine rings is 1. The summed E-state index contributed by atoms with van der Waals surface area (Å²) in [5, 5.41) is 0. The second kappa shape index (κ2) is 6.07. The van der Waals surface area contributed by atoms with E-state index in [2.05, 4.69) is 46.4 Å². The fourth-order valence-electron chi connectivity index (χ4n) is 2.28. The number of aryl methyl sites for hydroxylation is 2. The van der Waals surface area contributed by atoms with Gasteiger partial charge in [-0.15, -0.1) is 11.6 Å². The molecule has 1 aromatic carbocycles. The van der Waals surface area contributed by atoms with E-state index in [9.17, 15) is 0 Å². The van der Waals surface area contributed by atoms with Crippen LogP contribution in [0, 0.1) is 6.92 Å².